The van der Waals surface area contributed by atoms with Crippen LogP contribution < -0.4 is 5.32 Å². The molecule has 0 unspecified atom stereocenters. The Morgan fingerprint density at radius 3 is 2.74 bits per heavy atom. The van der Waals surface area contributed by atoms with Crippen LogP contribution in [-0.2, 0) is 11.2 Å². The first-order valence-corrected chi connectivity index (χ1v) is 6.85. The molecule has 0 bridgehead atoms. The molecule has 1 aliphatic rings. The zero-order chi connectivity index (χ0) is 13.9. The molecule has 2 rings (SSSR count). The molecule has 0 saturated heterocycles. The summed E-state index contributed by atoms with van der Waals surface area (Å²) in [5.74, 6) is -1.58. The normalized spacial score (nSPS) is 16.2. The maximum absolute atomic E-state index is 13.4. The van der Waals surface area contributed by atoms with E-state index in [0.717, 1.165) is 25.3 Å². The molecular formula is C14H16ClF2NO. The van der Waals surface area contributed by atoms with Crippen LogP contribution >= 0.6 is 11.6 Å². The Hall–Kier alpha value is -1.16. The fraction of sp³-hybridized carbons (Fsp3) is 0.500. The number of hydrogen-bond acceptors (Lipinski definition) is 1. The van der Waals surface area contributed by atoms with Gasteiger partial charge in [0, 0.05) is 18.0 Å². The Balaban J connectivity index is 1.86. The summed E-state index contributed by atoms with van der Waals surface area (Å²) >= 11 is 5.71. The molecule has 0 heterocycles. The molecule has 1 amide bonds. The highest BCUT2D eigenvalue weighted by molar-refractivity contribution is 6.17. The van der Waals surface area contributed by atoms with Gasteiger partial charge in [0.1, 0.15) is 0 Å². The van der Waals surface area contributed by atoms with Crippen molar-refractivity contribution in [3.8, 4) is 0 Å². The number of amides is 1. The third-order valence-electron chi connectivity index (χ3n) is 3.63. The summed E-state index contributed by atoms with van der Waals surface area (Å²) in [6.07, 6.45) is 2.87. The molecule has 0 spiro atoms. The second kappa shape index (κ2) is 5.87. The third kappa shape index (κ3) is 3.66. The number of carbonyl (C=O) groups excluding carboxylic acids is 1. The quantitative estimate of drug-likeness (QED) is 0.801. The summed E-state index contributed by atoms with van der Waals surface area (Å²) in [5.41, 5.74) is 0.220. The van der Waals surface area contributed by atoms with Crippen LogP contribution in [0.25, 0.3) is 0 Å². The van der Waals surface area contributed by atoms with Gasteiger partial charge in [-0.25, -0.2) is 8.78 Å². The molecular weight excluding hydrogens is 272 g/mol. The molecule has 2 nitrogen and oxygen atoms in total. The monoisotopic (exact) mass is 287 g/mol. The molecule has 1 aromatic carbocycles. The molecule has 1 fully saturated rings. The Morgan fingerprint density at radius 1 is 1.37 bits per heavy atom. The van der Waals surface area contributed by atoms with E-state index < -0.39 is 11.6 Å². The van der Waals surface area contributed by atoms with Crippen LogP contribution in [0.2, 0.25) is 0 Å². The molecule has 5 heteroatoms. The number of hydrogen-bond donors (Lipinski definition) is 1. The maximum Gasteiger partial charge on any atom is 0.224 e. The maximum atomic E-state index is 13.4. The summed E-state index contributed by atoms with van der Waals surface area (Å²) in [4.78, 5) is 11.7. The minimum Gasteiger partial charge on any atom is -0.355 e. The van der Waals surface area contributed by atoms with Crippen molar-refractivity contribution in [2.45, 2.75) is 25.7 Å². The first-order chi connectivity index (χ1) is 9.06. The van der Waals surface area contributed by atoms with Gasteiger partial charge < -0.3 is 5.32 Å². The van der Waals surface area contributed by atoms with Crippen LogP contribution in [0.1, 0.15) is 24.8 Å². The molecule has 1 aromatic rings. The third-order valence-corrected chi connectivity index (χ3v) is 3.81. The minimum absolute atomic E-state index is 0.0830. The van der Waals surface area contributed by atoms with E-state index in [9.17, 15) is 13.6 Å². The van der Waals surface area contributed by atoms with Gasteiger partial charge in [-0.15, -0.1) is 11.6 Å². The average Bonchev–Trinajstić information content (AvgIpc) is 3.14. The lowest BCUT2D eigenvalue weighted by molar-refractivity contribution is -0.120. The van der Waals surface area contributed by atoms with Gasteiger partial charge in [-0.1, -0.05) is 12.1 Å². The molecule has 0 atom stereocenters. The molecule has 1 saturated carbocycles. The second-order valence-corrected chi connectivity index (χ2v) is 5.48. The summed E-state index contributed by atoms with van der Waals surface area (Å²) in [6, 6.07) is 3.86. The predicted octanol–water partition coefficient (Wildman–Crippen LogP) is 3.03. The van der Waals surface area contributed by atoms with Gasteiger partial charge in [0.05, 0.1) is 6.42 Å². The molecule has 0 aliphatic heterocycles. The zero-order valence-electron chi connectivity index (χ0n) is 10.5. The van der Waals surface area contributed by atoms with E-state index in [-0.39, 0.29) is 23.3 Å². The number of rotatable bonds is 6. The van der Waals surface area contributed by atoms with E-state index in [2.05, 4.69) is 5.32 Å². The molecule has 0 aromatic heterocycles. The standard InChI is InChI=1S/C14H16ClF2NO/c15-7-6-14(4-5-14)9-18-12(19)8-10-2-1-3-11(16)13(10)17/h1-3H,4-9H2,(H,18,19). The number of nitrogens with one attached hydrogen (secondary N) is 1. The van der Waals surface area contributed by atoms with Gasteiger partial charge in [-0.05, 0) is 30.7 Å². The molecule has 1 aliphatic carbocycles. The largest absolute Gasteiger partial charge is 0.355 e. The lowest BCUT2D eigenvalue weighted by Gasteiger charge is -2.14. The highest BCUT2D eigenvalue weighted by Gasteiger charge is 2.41. The highest BCUT2D eigenvalue weighted by Crippen LogP contribution is 2.48. The van der Waals surface area contributed by atoms with Crippen LogP contribution in [0.5, 0.6) is 0 Å². The van der Waals surface area contributed by atoms with Crippen molar-refractivity contribution in [3.63, 3.8) is 0 Å². The average molecular weight is 288 g/mol. The SMILES string of the molecule is O=C(Cc1cccc(F)c1F)NCC1(CCCl)CC1. The van der Waals surface area contributed by atoms with E-state index in [0.29, 0.717) is 12.4 Å². The number of carbonyl (C=O) groups is 1. The summed E-state index contributed by atoms with van der Waals surface area (Å²) in [6.45, 7) is 0.565. The van der Waals surface area contributed by atoms with Gasteiger partial charge in [-0.3, -0.25) is 4.79 Å². The van der Waals surface area contributed by atoms with Crippen LogP contribution in [0, 0.1) is 17.0 Å². The Bertz CT molecular complexity index is 475. The Kier molecular flexibility index (Phi) is 4.40. The molecule has 104 valence electrons. The van der Waals surface area contributed by atoms with Crippen molar-refractivity contribution in [2.75, 3.05) is 12.4 Å². The van der Waals surface area contributed by atoms with E-state index in [1.165, 1.54) is 12.1 Å². The van der Waals surface area contributed by atoms with Gasteiger partial charge in [0.15, 0.2) is 11.6 Å². The van der Waals surface area contributed by atoms with Crippen LogP contribution in [0.3, 0.4) is 0 Å². The van der Waals surface area contributed by atoms with Gasteiger partial charge in [-0.2, -0.15) is 0 Å². The van der Waals surface area contributed by atoms with Crippen molar-refractivity contribution in [1.29, 1.82) is 0 Å². The van der Waals surface area contributed by atoms with Gasteiger partial charge in [0.25, 0.3) is 0 Å². The van der Waals surface area contributed by atoms with Crippen LogP contribution in [0.15, 0.2) is 18.2 Å². The second-order valence-electron chi connectivity index (χ2n) is 5.11. The summed E-state index contributed by atoms with van der Waals surface area (Å²) in [7, 11) is 0. The predicted molar refractivity (Wildman–Crippen MR) is 70.1 cm³/mol. The topological polar surface area (TPSA) is 29.1 Å². The fourth-order valence-corrected chi connectivity index (χ4v) is 2.50. The first kappa shape index (κ1) is 14.3. The molecule has 19 heavy (non-hydrogen) atoms. The van der Waals surface area contributed by atoms with E-state index in [1.54, 1.807) is 0 Å². The number of benzene rings is 1. The van der Waals surface area contributed by atoms with E-state index in [1.807, 2.05) is 0 Å². The minimum atomic E-state index is -0.945. The van der Waals surface area contributed by atoms with E-state index >= 15 is 0 Å². The Labute approximate surface area is 116 Å². The van der Waals surface area contributed by atoms with Crippen molar-refractivity contribution >= 4 is 17.5 Å². The lowest BCUT2D eigenvalue weighted by atomic mass is 10.0. The first-order valence-electron chi connectivity index (χ1n) is 6.32. The van der Waals surface area contributed by atoms with Crippen molar-refractivity contribution < 1.29 is 13.6 Å². The van der Waals surface area contributed by atoms with Crippen molar-refractivity contribution in [1.82, 2.24) is 5.32 Å². The lowest BCUT2D eigenvalue weighted by Crippen LogP contribution is -2.31. The molecule has 1 N–H and O–H groups in total. The smallest absolute Gasteiger partial charge is 0.224 e. The zero-order valence-corrected chi connectivity index (χ0v) is 11.3. The highest BCUT2D eigenvalue weighted by atomic mass is 35.5. The Morgan fingerprint density at radius 2 is 2.11 bits per heavy atom. The van der Waals surface area contributed by atoms with Crippen molar-refractivity contribution in [3.05, 3.63) is 35.4 Å². The van der Waals surface area contributed by atoms with Gasteiger partial charge in [0.2, 0.25) is 5.91 Å². The fourth-order valence-electron chi connectivity index (χ4n) is 2.10. The van der Waals surface area contributed by atoms with Crippen LogP contribution in [0.4, 0.5) is 8.78 Å². The van der Waals surface area contributed by atoms with Gasteiger partial charge >= 0.3 is 0 Å². The summed E-state index contributed by atoms with van der Waals surface area (Å²) < 4.78 is 26.4. The summed E-state index contributed by atoms with van der Waals surface area (Å²) in [5, 5.41) is 2.78. The molecule has 0 radical (unpaired) electrons. The van der Waals surface area contributed by atoms with Crippen molar-refractivity contribution in [2.24, 2.45) is 5.41 Å². The van der Waals surface area contributed by atoms with E-state index in [4.69, 9.17) is 11.6 Å². The number of alkyl halides is 1. The number of halogens is 3. The van der Waals surface area contributed by atoms with Crippen LogP contribution in [-0.4, -0.2) is 18.3 Å².